The van der Waals surface area contributed by atoms with E-state index in [1.165, 1.54) is 0 Å². The predicted octanol–water partition coefficient (Wildman–Crippen LogP) is 5.15. The number of hydrogen-bond acceptors (Lipinski definition) is 5. The highest BCUT2D eigenvalue weighted by Crippen LogP contribution is 2.57. The second-order valence-electron chi connectivity index (χ2n) is 4.98. The summed E-state index contributed by atoms with van der Waals surface area (Å²) in [5.74, 6) is -0.877. The SMILES string of the molecule is CC(C)OP(=O)(OC(C)C)[C@H](CCCCN=[N+]=[N-])N=[N+]=[N-]. The molecule has 0 aliphatic carbocycles. The summed E-state index contributed by atoms with van der Waals surface area (Å²) in [7, 11) is -3.54. The van der Waals surface area contributed by atoms with E-state index in [0.29, 0.717) is 25.8 Å². The molecule has 0 heterocycles. The van der Waals surface area contributed by atoms with Gasteiger partial charge >= 0.3 is 7.60 Å². The maximum atomic E-state index is 12.9. The van der Waals surface area contributed by atoms with Crippen molar-refractivity contribution in [2.45, 2.75) is 64.9 Å². The molecule has 0 aromatic carbocycles. The predicted molar refractivity (Wildman–Crippen MR) is 80.8 cm³/mol. The van der Waals surface area contributed by atoms with Crippen molar-refractivity contribution < 1.29 is 13.6 Å². The lowest BCUT2D eigenvalue weighted by atomic mass is 10.2. The van der Waals surface area contributed by atoms with Gasteiger partial charge in [-0.25, -0.2) is 0 Å². The first-order chi connectivity index (χ1) is 9.85. The molecule has 0 aromatic rings. The monoisotopic (exact) mass is 318 g/mol. The zero-order chi connectivity index (χ0) is 16.3. The minimum Gasteiger partial charge on any atom is -0.306 e. The Morgan fingerprint density at radius 3 is 2.05 bits per heavy atom. The summed E-state index contributed by atoms with van der Waals surface area (Å²) in [6.07, 6.45) is 0.936. The van der Waals surface area contributed by atoms with Crippen LogP contribution in [0, 0.1) is 0 Å². The summed E-state index contributed by atoms with van der Waals surface area (Å²) in [6, 6.07) is 0. The van der Waals surface area contributed by atoms with Crippen LogP contribution in [0.5, 0.6) is 0 Å². The van der Waals surface area contributed by atoms with Crippen molar-refractivity contribution in [1.29, 1.82) is 0 Å². The number of rotatable bonds is 11. The molecule has 0 bridgehead atoms. The Balaban J connectivity index is 4.92. The average Bonchev–Trinajstić information content (AvgIpc) is 2.35. The van der Waals surface area contributed by atoms with Gasteiger partial charge in [0.05, 0.1) is 12.2 Å². The molecule has 0 aromatic heterocycles. The van der Waals surface area contributed by atoms with E-state index >= 15 is 0 Å². The maximum Gasteiger partial charge on any atom is 0.340 e. The molecule has 0 saturated carbocycles. The van der Waals surface area contributed by atoms with Gasteiger partial charge < -0.3 is 9.05 Å². The van der Waals surface area contributed by atoms with E-state index in [1.807, 2.05) is 0 Å². The standard InChI is InChI=1S/C11H23N6O3P/c1-9(2)19-21(18,20-10(3)4)11(15-17-13)7-5-6-8-14-16-12/h9-11H,5-8H2,1-4H3/t11-/m1/s1. The molecule has 0 saturated heterocycles. The summed E-state index contributed by atoms with van der Waals surface area (Å²) in [6.45, 7) is 7.31. The van der Waals surface area contributed by atoms with E-state index in [4.69, 9.17) is 20.1 Å². The molecule has 0 fully saturated rings. The largest absolute Gasteiger partial charge is 0.340 e. The summed E-state index contributed by atoms with van der Waals surface area (Å²) in [5, 5.41) is 7.00. The lowest BCUT2D eigenvalue weighted by Crippen LogP contribution is -2.17. The third-order valence-corrected chi connectivity index (χ3v) is 4.82. The number of azide groups is 2. The van der Waals surface area contributed by atoms with Gasteiger partial charge in [0.2, 0.25) is 0 Å². The molecule has 0 unspecified atom stereocenters. The maximum absolute atomic E-state index is 12.9. The highest BCUT2D eigenvalue weighted by atomic mass is 31.2. The molecule has 120 valence electrons. The summed E-state index contributed by atoms with van der Waals surface area (Å²) >= 11 is 0. The smallest absolute Gasteiger partial charge is 0.306 e. The second kappa shape index (κ2) is 10.5. The zero-order valence-electron chi connectivity index (χ0n) is 12.9. The number of unbranched alkanes of at least 4 members (excludes halogenated alkanes) is 1. The molecule has 0 spiro atoms. The molecule has 0 N–H and O–H groups in total. The highest BCUT2D eigenvalue weighted by Gasteiger charge is 2.37. The Kier molecular flexibility index (Phi) is 9.88. The summed E-state index contributed by atoms with van der Waals surface area (Å²) in [5.41, 5.74) is 16.9. The molecule has 21 heavy (non-hydrogen) atoms. The zero-order valence-corrected chi connectivity index (χ0v) is 13.8. The van der Waals surface area contributed by atoms with Gasteiger partial charge in [-0.15, -0.1) is 0 Å². The molecule has 0 aliphatic heterocycles. The van der Waals surface area contributed by atoms with Gasteiger partial charge in [-0.3, -0.25) is 4.57 Å². The third-order valence-electron chi connectivity index (χ3n) is 2.30. The van der Waals surface area contributed by atoms with Gasteiger partial charge in [-0.05, 0) is 51.6 Å². The third kappa shape index (κ3) is 8.60. The van der Waals surface area contributed by atoms with Crippen molar-refractivity contribution in [3.8, 4) is 0 Å². The lowest BCUT2D eigenvalue weighted by molar-refractivity contribution is 0.135. The van der Waals surface area contributed by atoms with Gasteiger partial charge in [-0.2, -0.15) is 0 Å². The fourth-order valence-electron chi connectivity index (χ4n) is 1.65. The first-order valence-corrected chi connectivity index (χ1v) is 8.48. The Labute approximate surface area is 124 Å². The topological polar surface area (TPSA) is 133 Å². The van der Waals surface area contributed by atoms with Gasteiger partial charge in [0.1, 0.15) is 5.78 Å². The van der Waals surface area contributed by atoms with Crippen molar-refractivity contribution in [3.63, 3.8) is 0 Å². The quantitative estimate of drug-likeness (QED) is 0.171. The van der Waals surface area contributed by atoms with Crippen LogP contribution in [0.15, 0.2) is 10.2 Å². The fourth-order valence-corrected chi connectivity index (χ4v) is 3.82. The van der Waals surface area contributed by atoms with Crippen LogP contribution >= 0.6 is 7.60 Å². The van der Waals surface area contributed by atoms with Crippen LogP contribution in [0.25, 0.3) is 20.9 Å². The van der Waals surface area contributed by atoms with Crippen molar-refractivity contribution in [2.75, 3.05) is 6.54 Å². The molecular weight excluding hydrogens is 295 g/mol. The van der Waals surface area contributed by atoms with E-state index < -0.39 is 13.4 Å². The van der Waals surface area contributed by atoms with Crippen LogP contribution in [0.4, 0.5) is 0 Å². The Hall–Kier alpha value is -1.23. The summed E-state index contributed by atoms with van der Waals surface area (Å²) in [4.78, 5) is 5.40. The van der Waals surface area contributed by atoms with Crippen LogP contribution in [0.3, 0.4) is 0 Å². The van der Waals surface area contributed by atoms with Gasteiger partial charge in [-0.1, -0.05) is 16.6 Å². The van der Waals surface area contributed by atoms with E-state index in [-0.39, 0.29) is 12.2 Å². The number of hydrogen-bond donors (Lipinski definition) is 0. The Morgan fingerprint density at radius 1 is 1.05 bits per heavy atom. The van der Waals surface area contributed by atoms with Crippen LogP contribution in [-0.4, -0.2) is 24.5 Å². The molecule has 10 heteroatoms. The van der Waals surface area contributed by atoms with E-state index in [0.717, 1.165) is 0 Å². The van der Waals surface area contributed by atoms with Crippen molar-refractivity contribution in [3.05, 3.63) is 20.9 Å². The second-order valence-corrected chi connectivity index (χ2v) is 7.08. The first-order valence-electron chi connectivity index (χ1n) is 6.87. The van der Waals surface area contributed by atoms with Gasteiger partial charge in [0.25, 0.3) is 0 Å². The molecule has 9 nitrogen and oxygen atoms in total. The minimum absolute atomic E-state index is 0.311. The van der Waals surface area contributed by atoms with E-state index in [9.17, 15) is 4.57 Å². The van der Waals surface area contributed by atoms with Gasteiger partial charge in [0.15, 0.2) is 0 Å². The Morgan fingerprint density at radius 2 is 1.62 bits per heavy atom. The summed E-state index contributed by atoms with van der Waals surface area (Å²) < 4.78 is 23.7. The molecule has 0 aliphatic rings. The molecule has 0 rings (SSSR count). The number of nitrogens with zero attached hydrogens (tertiary/aromatic N) is 6. The van der Waals surface area contributed by atoms with Crippen molar-refractivity contribution in [1.82, 2.24) is 0 Å². The highest BCUT2D eigenvalue weighted by molar-refractivity contribution is 7.54. The van der Waals surface area contributed by atoms with Gasteiger partial charge in [0, 0.05) is 16.4 Å². The van der Waals surface area contributed by atoms with E-state index in [2.05, 4.69) is 20.1 Å². The van der Waals surface area contributed by atoms with Crippen molar-refractivity contribution in [2.24, 2.45) is 10.2 Å². The molecule has 0 radical (unpaired) electrons. The lowest BCUT2D eigenvalue weighted by Gasteiger charge is -2.27. The first kappa shape index (κ1) is 19.8. The van der Waals surface area contributed by atoms with Crippen molar-refractivity contribution >= 4 is 7.60 Å². The van der Waals surface area contributed by atoms with E-state index in [1.54, 1.807) is 27.7 Å². The minimum atomic E-state index is -3.54. The van der Waals surface area contributed by atoms with Crippen LogP contribution < -0.4 is 0 Å². The normalized spacial score (nSPS) is 12.9. The Bertz CT molecular complexity index is 429. The van der Waals surface area contributed by atoms with Crippen LogP contribution in [-0.2, 0) is 13.6 Å². The molecular formula is C11H23N6O3P. The molecule has 0 amide bonds. The molecule has 1 atom stereocenters. The van der Waals surface area contributed by atoms with Crippen LogP contribution in [0.2, 0.25) is 0 Å². The average molecular weight is 318 g/mol. The van der Waals surface area contributed by atoms with Crippen LogP contribution in [0.1, 0.15) is 47.0 Å². The fraction of sp³-hybridized carbons (Fsp3) is 1.00.